The quantitative estimate of drug-likeness (QED) is 0.0637. The van der Waals surface area contributed by atoms with E-state index in [0.29, 0.717) is 50.8 Å². The zero-order valence-corrected chi connectivity index (χ0v) is 42.7. The van der Waals surface area contributed by atoms with E-state index in [4.69, 9.17) is 23.7 Å². The fraction of sp³-hybridized carbons (Fsp3) is 0.660. The van der Waals surface area contributed by atoms with Gasteiger partial charge in [0.1, 0.15) is 11.5 Å². The van der Waals surface area contributed by atoms with Crippen LogP contribution in [0.25, 0.3) is 0 Å². The van der Waals surface area contributed by atoms with E-state index >= 15 is 0 Å². The monoisotopic (exact) mass is 1040 g/mol. The number of alkyl halides is 6. The van der Waals surface area contributed by atoms with E-state index in [0.717, 1.165) is 36.1 Å². The van der Waals surface area contributed by atoms with E-state index in [1.54, 1.807) is 40.7 Å². The molecule has 3 atom stereocenters. The second-order valence-electron chi connectivity index (χ2n) is 18.9. The van der Waals surface area contributed by atoms with E-state index in [1.165, 1.54) is 16.7 Å². The molecule has 2 heterocycles. The van der Waals surface area contributed by atoms with Crippen molar-refractivity contribution >= 4 is 30.1 Å². The van der Waals surface area contributed by atoms with Crippen LogP contribution in [0.1, 0.15) is 105 Å². The van der Waals surface area contributed by atoms with Gasteiger partial charge in [0.15, 0.2) is 23.4 Å². The van der Waals surface area contributed by atoms with Crippen molar-refractivity contribution in [1.82, 2.24) is 19.6 Å². The van der Waals surface area contributed by atoms with E-state index < -0.39 is 72.1 Å². The Morgan fingerprint density at radius 2 is 0.944 bits per heavy atom. The summed E-state index contributed by atoms with van der Waals surface area (Å²) >= 11 is 0. The maximum Gasteiger partial charge on any atom is 0.425 e. The van der Waals surface area contributed by atoms with Gasteiger partial charge < -0.3 is 43.0 Å². The van der Waals surface area contributed by atoms with Crippen LogP contribution in [0, 0.1) is 19.8 Å². The first-order valence-electron chi connectivity index (χ1n) is 23.4. The van der Waals surface area contributed by atoms with Crippen molar-refractivity contribution in [2.45, 2.75) is 152 Å². The molecule has 0 bridgehead atoms. The van der Waals surface area contributed by atoms with E-state index in [9.17, 15) is 50.3 Å². The zero-order valence-electron chi connectivity index (χ0n) is 42.7. The molecule has 16 nitrogen and oxygen atoms in total. The lowest BCUT2D eigenvalue weighted by Gasteiger charge is -2.35. The second kappa shape index (κ2) is 27.0. The van der Waals surface area contributed by atoms with Crippen LogP contribution in [0.3, 0.4) is 0 Å². The van der Waals surface area contributed by atoms with Crippen molar-refractivity contribution in [1.29, 1.82) is 0 Å². The predicted molar refractivity (Wildman–Crippen MR) is 254 cm³/mol. The highest BCUT2D eigenvalue weighted by Gasteiger charge is 2.42. The van der Waals surface area contributed by atoms with Crippen molar-refractivity contribution in [2.75, 3.05) is 59.0 Å². The molecule has 2 saturated heterocycles. The molecule has 2 fully saturated rings. The maximum atomic E-state index is 12.8. The summed E-state index contributed by atoms with van der Waals surface area (Å²) in [5.41, 5.74) is 0.930. The summed E-state index contributed by atoms with van der Waals surface area (Å²) in [5.74, 6) is -0.512. The molecule has 2 amide bonds. The Labute approximate surface area is 419 Å². The fourth-order valence-electron chi connectivity index (χ4n) is 6.84. The molecule has 0 N–H and O–H groups in total. The molecule has 2 aliphatic heterocycles. The summed E-state index contributed by atoms with van der Waals surface area (Å²) in [6.07, 6.45) is -16.4. The van der Waals surface area contributed by atoms with Crippen molar-refractivity contribution in [3.63, 3.8) is 0 Å². The molecular formula is C50H74F6N4O12. The average Bonchev–Trinajstić information content (AvgIpc) is 3.25. The second-order valence-corrected chi connectivity index (χ2v) is 18.9. The molecule has 2 aromatic rings. The highest BCUT2D eigenvalue weighted by Crippen LogP contribution is 2.30. The van der Waals surface area contributed by atoms with Gasteiger partial charge in [-0.1, -0.05) is 45.5 Å². The molecule has 0 spiro atoms. The van der Waals surface area contributed by atoms with E-state index in [-0.39, 0.29) is 52.6 Å². The molecule has 0 aromatic heterocycles. The number of hydrogen-bond acceptors (Lipinski definition) is 14. The van der Waals surface area contributed by atoms with Crippen LogP contribution in [-0.4, -0.2) is 151 Å². The Morgan fingerprint density at radius 1 is 0.569 bits per heavy atom. The highest BCUT2D eigenvalue weighted by molar-refractivity contribution is 5.80. The van der Waals surface area contributed by atoms with Crippen LogP contribution < -0.4 is 9.47 Å². The Kier molecular flexibility index (Phi) is 23.5. The maximum absolute atomic E-state index is 12.8. The third-order valence-electron chi connectivity index (χ3n) is 11.1. The van der Waals surface area contributed by atoms with Gasteiger partial charge >= 0.3 is 42.4 Å². The molecule has 2 aromatic carbocycles. The van der Waals surface area contributed by atoms with Gasteiger partial charge in [0.05, 0.1) is 6.61 Å². The molecular weight excluding hydrogens is 963 g/mol. The summed E-state index contributed by atoms with van der Waals surface area (Å²) in [6, 6.07) is 11.3. The molecule has 4 rings (SSSR count). The number of carbonyl (C=O) groups is 5. The number of esters is 3. The normalized spacial score (nSPS) is 16.2. The number of hydrogen-bond donors (Lipinski definition) is 0. The predicted octanol–water partition coefficient (Wildman–Crippen LogP) is 9.39. The van der Waals surface area contributed by atoms with Crippen LogP contribution in [0.2, 0.25) is 0 Å². The van der Waals surface area contributed by atoms with Gasteiger partial charge in [0.25, 0.3) is 0 Å². The molecule has 0 saturated carbocycles. The number of amides is 2. The molecule has 22 heteroatoms. The smallest absolute Gasteiger partial charge is 0.425 e. The molecule has 0 radical (unpaired) electrons. The number of ether oxygens (including phenoxy) is 7. The SMILES string of the molecule is C.CCOC(=O)C(C)(C)Oc1cc(C)ccc1CN1CCN(C(=O)OC(C)C(F)(F)F)CC1.Cc1ccc(CN2CCN(C(=O)OC(C)C(F)(F)F)CC2)c(OC(C)(C)C(=O)OC(C)OC(=O)CC(C)C)c1. The summed E-state index contributed by atoms with van der Waals surface area (Å²) in [7, 11) is 0. The topological polar surface area (TPSA) is 163 Å². The zero-order chi connectivity index (χ0) is 53.6. The van der Waals surface area contributed by atoms with Crippen LogP contribution in [-0.2, 0) is 51.2 Å². The Balaban J connectivity index is 0.000000496. The Morgan fingerprint density at radius 3 is 1.29 bits per heavy atom. The van der Waals surface area contributed by atoms with Crippen LogP contribution in [0.5, 0.6) is 11.5 Å². The van der Waals surface area contributed by atoms with Gasteiger partial charge in [0, 0.05) is 89.9 Å². The first-order valence-corrected chi connectivity index (χ1v) is 23.4. The highest BCUT2D eigenvalue weighted by atomic mass is 19.4. The van der Waals surface area contributed by atoms with E-state index in [1.807, 2.05) is 62.9 Å². The number of carbonyl (C=O) groups excluding carboxylic acids is 5. The third kappa shape index (κ3) is 20.2. The average molecular weight is 1040 g/mol. The van der Waals surface area contributed by atoms with Crippen molar-refractivity contribution in [2.24, 2.45) is 5.92 Å². The third-order valence-corrected chi connectivity index (χ3v) is 11.1. The Hall–Kier alpha value is -5.51. The van der Waals surface area contributed by atoms with Gasteiger partial charge in [-0.3, -0.25) is 14.6 Å². The fourth-order valence-corrected chi connectivity index (χ4v) is 6.84. The lowest BCUT2D eigenvalue weighted by Crippen LogP contribution is -2.49. The minimum atomic E-state index is -4.62. The number of rotatable bonds is 17. The van der Waals surface area contributed by atoms with Crippen LogP contribution in [0.4, 0.5) is 35.9 Å². The number of aryl methyl sites for hydroxylation is 2. The van der Waals surface area contributed by atoms with E-state index in [2.05, 4.69) is 14.4 Å². The number of piperazine rings is 2. The first-order chi connectivity index (χ1) is 32.8. The Bertz CT molecular complexity index is 2100. The van der Waals surface area contributed by atoms with Crippen LogP contribution in [0.15, 0.2) is 36.4 Å². The minimum absolute atomic E-state index is 0. The molecule has 408 valence electrons. The standard InChI is InChI=1S/C27H39F3N2O7.C22H31F3N2O5.CH4/c1-17(2)14-23(33)37-20(5)38-24(34)26(6,7)39-22-15-18(3)8-9-21(22)16-31-10-12-32(13-11-31)25(35)36-19(4)27(28,29)30;1-6-30-19(28)21(4,5)32-18-13-15(2)7-8-17(18)14-26-9-11-27(12-10-26)20(29)31-16(3)22(23,24)25;/h8-9,15,17,19-20H,10-14,16H2,1-7H3;7-8,13,16H,6,9-12,14H2,1-5H3;1H4. The summed E-state index contributed by atoms with van der Waals surface area (Å²) < 4.78 is 113. The van der Waals surface area contributed by atoms with Crippen LogP contribution >= 0.6 is 0 Å². The lowest BCUT2D eigenvalue weighted by atomic mass is 10.1. The molecule has 0 aliphatic carbocycles. The number of halogens is 6. The number of nitrogens with zero attached hydrogens (tertiary/aromatic N) is 4. The van der Waals surface area contributed by atoms with Gasteiger partial charge in [-0.05, 0) is 91.5 Å². The van der Waals surface area contributed by atoms with Gasteiger partial charge in [-0.15, -0.1) is 0 Å². The lowest BCUT2D eigenvalue weighted by molar-refractivity contribution is -0.200. The molecule has 2 aliphatic rings. The summed E-state index contributed by atoms with van der Waals surface area (Å²) in [4.78, 5) is 67.7. The van der Waals surface area contributed by atoms with Gasteiger partial charge in [-0.2, -0.15) is 26.3 Å². The van der Waals surface area contributed by atoms with Gasteiger partial charge in [0.2, 0.25) is 6.29 Å². The molecule has 3 unspecified atom stereocenters. The molecule has 72 heavy (non-hydrogen) atoms. The summed E-state index contributed by atoms with van der Waals surface area (Å²) in [5, 5.41) is 0. The summed E-state index contributed by atoms with van der Waals surface area (Å²) in [6.45, 7) is 22.6. The first kappa shape index (κ1) is 62.6. The largest absolute Gasteiger partial charge is 0.476 e. The van der Waals surface area contributed by atoms with Crippen molar-refractivity contribution in [3.8, 4) is 11.5 Å². The van der Waals surface area contributed by atoms with Crippen molar-refractivity contribution in [3.05, 3.63) is 58.7 Å². The van der Waals surface area contributed by atoms with Crippen molar-refractivity contribution < 1.29 is 83.5 Å². The van der Waals surface area contributed by atoms with Gasteiger partial charge in [-0.25, -0.2) is 19.2 Å². The minimum Gasteiger partial charge on any atom is -0.476 e. The number of benzene rings is 2.